The molecule has 0 unspecified atom stereocenters. The molecule has 8 nitrogen and oxygen atoms in total. The van der Waals surface area contributed by atoms with E-state index in [9.17, 15) is 23.2 Å². The monoisotopic (exact) mass is 486 g/mol. The van der Waals surface area contributed by atoms with E-state index in [-0.39, 0.29) is 60.4 Å². The maximum absolute atomic E-state index is 14.0. The highest BCUT2D eigenvalue weighted by Gasteiger charge is 2.39. The van der Waals surface area contributed by atoms with Crippen LogP contribution >= 0.6 is 0 Å². The van der Waals surface area contributed by atoms with Crippen molar-refractivity contribution in [2.24, 2.45) is 0 Å². The highest BCUT2D eigenvalue weighted by molar-refractivity contribution is 5.99. The van der Waals surface area contributed by atoms with Crippen LogP contribution in [0.1, 0.15) is 60.0 Å². The van der Waals surface area contributed by atoms with E-state index in [2.05, 4.69) is 5.32 Å². The Morgan fingerprint density at radius 1 is 1.17 bits per heavy atom. The Morgan fingerprint density at radius 2 is 1.91 bits per heavy atom. The number of nitrogens with zero attached hydrogens (tertiary/aromatic N) is 3. The zero-order valence-corrected chi connectivity index (χ0v) is 19.9. The summed E-state index contributed by atoms with van der Waals surface area (Å²) < 4.78 is 34.5. The number of carbonyl (C=O) groups is 2. The molecule has 2 aliphatic rings. The molecule has 1 aromatic carbocycles. The summed E-state index contributed by atoms with van der Waals surface area (Å²) in [5.74, 6) is -2.83. The molecule has 0 radical (unpaired) electrons. The first-order valence-corrected chi connectivity index (χ1v) is 11.6. The summed E-state index contributed by atoms with van der Waals surface area (Å²) in [6, 6.07) is 2.72. The highest BCUT2D eigenvalue weighted by Crippen LogP contribution is 2.27. The number of pyridine rings is 1. The van der Waals surface area contributed by atoms with Gasteiger partial charge in [-0.3, -0.25) is 24.1 Å². The van der Waals surface area contributed by atoms with Gasteiger partial charge in [0, 0.05) is 30.4 Å². The Bertz CT molecular complexity index is 1240. The summed E-state index contributed by atoms with van der Waals surface area (Å²) in [5, 5.41) is 4.38. The van der Waals surface area contributed by atoms with Gasteiger partial charge in [0.2, 0.25) is 5.43 Å². The van der Waals surface area contributed by atoms with Crippen LogP contribution in [-0.4, -0.2) is 46.7 Å². The molecule has 2 aromatic rings. The largest absolute Gasteiger partial charge is 0.487 e. The number of amides is 2. The van der Waals surface area contributed by atoms with Gasteiger partial charge < -0.3 is 15.0 Å². The van der Waals surface area contributed by atoms with E-state index in [4.69, 9.17) is 4.74 Å². The minimum Gasteiger partial charge on any atom is -0.487 e. The molecule has 2 aliphatic heterocycles. The molecule has 10 heteroatoms. The van der Waals surface area contributed by atoms with Crippen molar-refractivity contribution in [1.82, 2.24) is 14.9 Å². The fraction of sp³-hybridized carbons (Fsp3) is 0.400. The summed E-state index contributed by atoms with van der Waals surface area (Å²) in [5.41, 5.74) is -0.811. The predicted octanol–water partition coefficient (Wildman–Crippen LogP) is 2.93. The minimum absolute atomic E-state index is 0.0703. The van der Waals surface area contributed by atoms with Crippen LogP contribution < -0.4 is 20.5 Å². The van der Waals surface area contributed by atoms with E-state index in [1.807, 2.05) is 37.9 Å². The van der Waals surface area contributed by atoms with E-state index >= 15 is 0 Å². The first kappa shape index (κ1) is 24.4. The topological polar surface area (TPSA) is 83.9 Å². The van der Waals surface area contributed by atoms with E-state index < -0.39 is 23.0 Å². The number of unbranched alkanes of at least 4 members (excludes halogenated alkanes) is 1. The number of rotatable bonds is 7. The second-order valence-corrected chi connectivity index (χ2v) is 8.74. The average molecular weight is 487 g/mol. The Labute approximate surface area is 201 Å². The number of benzene rings is 1. The van der Waals surface area contributed by atoms with E-state index in [1.165, 1.54) is 16.9 Å². The summed E-state index contributed by atoms with van der Waals surface area (Å²) in [7, 11) is 0. The number of carbonyl (C=O) groups excluding carboxylic acids is 2. The van der Waals surface area contributed by atoms with Crippen LogP contribution in [-0.2, 0) is 6.54 Å². The van der Waals surface area contributed by atoms with Crippen LogP contribution in [0.3, 0.4) is 0 Å². The zero-order valence-electron chi connectivity index (χ0n) is 19.9. The molecule has 0 saturated carbocycles. The predicted molar refractivity (Wildman–Crippen MR) is 126 cm³/mol. The van der Waals surface area contributed by atoms with Crippen LogP contribution in [0.5, 0.6) is 5.75 Å². The Morgan fingerprint density at radius 3 is 2.63 bits per heavy atom. The quantitative estimate of drug-likeness (QED) is 0.481. The van der Waals surface area contributed by atoms with Crippen LogP contribution in [0.2, 0.25) is 0 Å². The van der Waals surface area contributed by atoms with Gasteiger partial charge in [-0.15, -0.1) is 0 Å². The summed E-state index contributed by atoms with van der Waals surface area (Å²) in [6.07, 6.45) is 6.69. The highest BCUT2D eigenvalue weighted by atomic mass is 19.1. The molecule has 2 atom stereocenters. The number of ether oxygens (including phenoxy) is 1. The van der Waals surface area contributed by atoms with Crippen LogP contribution in [0, 0.1) is 11.6 Å². The molecule has 0 spiro atoms. The molecule has 0 aliphatic carbocycles. The molecule has 2 amide bonds. The second-order valence-electron chi connectivity index (χ2n) is 8.74. The molecule has 2 bridgehead atoms. The van der Waals surface area contributed by atoms with Gasteiger partial charge in [0.05, 0.1) is 12.6 Å². The molecule has 1 aromatic heterocycles. The molecule has 4 rings (SSSR count). The smallest absolute Gasteiger partial charge is 0.278 e. The van der Waals surface area contributed by atoms with Crippen molar-refractivity contribution in [2.75, 3.05) is 18.3 Å². The van der Waals surface area contributed by atoms with Crippen molar-refractivity contribution >= 4 is 11.8 Å². The lowest BCUT2D eigenvalue weighted by Gasteiger charge is -2.42. The number of hydrogen-bond acceptors (Lipinski definition) is 5. The number of hydrogen-bond donors (Lipinski definition) is 1. The standard InChI is InChI=1S/C25H28F2N4O4/c1-4-5-10-35-23-21-25(34)29-14-31(16(3)7-6-15(29)2)30(21)13-19(22(23)32)24(33)28-12-17-8-9-18(26)11-20(17)27/h6-9,11,13,15-16H,4-5,10,12,14H2,1-3H3,(H,28,33)/t15-,16+/m1/s1. The zero-order chi connectivity index (χ0) is 25.3. The van der Waals surface area contributed by atoms with Crippen LogP contribution in [0.4, 0.5) is 8.78 Å². The third kappa shape index (κ3) is 4.65. The molecular formula is C25H28F2N4O4. The molecule has 1 N–H and O–H groups in total. The van der Waals surface area contributed by atoms with E-state index in [0.717, 1.165) is 18.6 Å². The summed E-state index contributed by atoms with van der Waals surface area (Å²) in [6.45, 7) is 6.04. The van der Waals surface area contributed by atoms with E-state index in [1.54, 1.807) is 4.90 Å². The number of halogens is 2. The number of nitrogens with one attached hydrogen (secondary N) is 1. The summed E-state index contributed by atoms with van der Waals surface area (Å²) >= 11 is 0. The lowest BCUT2D eigenvalue weighted by Crippen LogP contribution is -2.57. The van der Waals surface area contributed by atoms with Gasteiger partial charge in [0.25, 0.3) is 11.8 Å². The number of fused-ring (bicyclic) bond motifs is 4. The van der Waals surface area contributed by atoms with Crippen molar-refractivity contribution in [3.63, 3.8) is 0 Å². The van der Waals surface area contributed by atoms with Crippen molar-refractivity contribution in [3.05, 3.63) is 75.2 Å². The van der Waals surface area contributed by atoms with Gasteiger partial charge in [0.15, 0.2) is 11.4 Å². The lowest BCUT2D eigenvalue weighted by atomic mass is 10.1. The minimum atomic E-state index is -0.805. The molecule has 0 saturated heterocycles. The van der Waals surface area contributed by atoms with Crippen molar-refractivity contribution in [1.29, 1.82) is 0 Å². The molecule has 3 heterocycles. The maximum Gasteiger partial charge on any atom is 0.278 e. The molecule has 35 heavy (non-hydrogen) atoms. The summed E-state index contributed by atoms with van der Waals surface area (Å²) in [4.78, 5) is 41.5. The first-order chi connectivity index (χ1) is 16.7. The van der Waals surface area contributed by atoms with Gasteiger partial charge >= 0.3 is 0 Å². The molecule has 186 valence electrons. The Hall–Kier alpha value is -3.69. The average Bonchev–Trinajstić information content (AvgIpc) is 2.95. The van der Waals surface area contributed by atoms with Gasteiger partial charge in [-0.25, -0.2) is 8.78 Å². The van der Waals surface area contributed by atoms with Gasteiger partial charge in [-0.05, 0) is 26.3 Å². The normalized spacial score (nSPS) is 18.8. The Balaban J connectivity index is 1.75. The van der Waals surface area contributed by atoms with Gasteiger partial charge in [-0.2, -0.15) is 0 Å². The Kier molecular flexibility index (Phi) is 6.90. The SMILES string of the molecule is CCCCOc1c2n(cc(C(=O)NCc3ccc(F)cc3F)c1=O)N1CN(C2=O)[C@H](C)C=C[C@@H]1C. The van der Waals surface area contributed by atoms with E-state index in [0.29, 0.717) is 6.42 Å². The lowest BCUT2D eigenvalue weighted by molar-refractivity contribution is 0.0650. The molecule has 0 fully saturated rings. The van der Waals surface area contributed by atoms with Crippen LogP contribution in [0.25, 0.3) is 0 Å². The first-order valence-electron chi connectivity index (χ1n) is 11.6. The van der Waals surface area contributed by atoms with Crippen molar-refractivity contribution < 1.29 is 23.1 Å². The maximum atomic E-state index is 14.0. The van der Waals surface area contributed by atoms with Gasteiger partial charge in [-0.1, -0.05) is 31.6 Å². The third-order valence-electron chi connectivity index (χ3n) is 6.26. The van der Waals surface area contributed by atoms with Crippen molar-refractivity contribution in [3.8, 4) is 5.75 Å². The molecular weight excluding hydrogens is 458 g/mol. The number of aromatic nitrogens is 1. The van der Waals surface area contributed by atoms with Gasteiger partial charge in [0.1, 0.15) is 23.9 Å². The second kappa shape index (κ2) is 9.89. The van der Waals surface area contributed by atoms with Crippen molar-refractivity contribution in [2.45, 2.75) is 52.2 Å². The fourth-order valence-electron chi connectivity index (χ4n) is 4.12. The van der Waals surface area contributed by atoms with Crippen LogP contribution in [0.15, 0.2) is 41.3 Å². The third-order valence-corrected chi connectivity index (χ3v) is 6.26. The fourth-order valence-corrected chi connectivity index (χ4v) is 4.12.